The SMILES string of the molecule is CCOc1cc(C(=O)NC(=S)Nc2ccc(I)c(C)n2)cc(OCC)c1OCC. The molecular formula is C20H24IN3O4S. The second-order valence-corrected chi connectivity index (χ2v) is 7.34. The van der Waals surface area contributed by atoms with Crippen LogP contribution in [0, 0.1) is 10.5 Å². The molecule has 9 heteroatoms. The number of anilines is 1. The van der Waals surface area contributed by atoms with Crippen LogP contribution in [-0.2, 0) is 0 Å². The zero-order valence-electron chi connectivity index (χ0n) is 16.8. The normalized spacial score (nSPS) is 10.2. The first-order chi connectivity index (χ1) is 13.9. The standard InChI is InChI=1S/C20H24IN3O4S/c1-5-26-15-10-13(11-16(27-6-2)18(15)28-7-3)19(25)24-20(29)23-17-9-8-14(21)12(4)22-17/h8-11H,5-7H2,1-4H3,(H2,22,23,24,25,29). The van der Waals surface area contributed by atoms with E-state index in [4.69, 9.17) is 26.4 Å². The van der Waals surface area contributed by atoms with Crippen molar-refractivity contribution in [3.05, 3.63) is 39.1 Å². The number of aromatic nitrogens is 1. The number of pyridine rings is 1. The van der Waals surface area contributed by atoms with Crippen molar-refractivity contribution in [1.82, 2.24) is 10.3 Å². The highest BCUT2D eigenvalue weighted by Gasteiger charge is 2.19. The number of rotatable bonds is 8. The second kappa shape index (κ2) is 11.1. The van der Waals surface area contributed by atoms with Crippen molar-refractivity contribution in [1.29, 1.82) is 0 Å². The summed E-state index contributed by atoms with van der Waals surface area (Å²) in [7, 11) is 0. The molecule has 0 spiro atoms. The lowest BCUT2D eigenvalue weighted by atomic mass is 10.1. The Morgan fingerprint density at radius 1 is 1.07 bits per heavy atom. The highest BCUT2D eigenvalue weighted by Crippen LogP contribution is 2.39. The molecule has 0 saturated carbocycles. The molecule has 7 nitrogen and oxygen atoms in total. The number of nitrogens with zero attached hydrogens (tertiary/aromatic N) is 1. The summed E-state index contributed by atoms with van der Waals surface area (Å²) in [5, 5.41) is 5.72. The molecule has 1 aromatic heterocycles. The number of hydrogen-bond donors (Lipinski definition) is 2. The molecule has 0 atom stereocenters. The van der Waals surface area contributed by atoms with E-state index in [9.17, 15) is 4.79 Å². The number of carbonyl (C=O) groups excluding carboxylic acids is 1. The molecule has 1 amide bonds. The first kappa shape index (κ1) is 23.1. The minimum atomic E-state index is -0.394. The van der Waals surface area contributed by atoms with Gasteiger partial charge in [-0.3, -0.25) is 10.1 Å². The lowest BCUT2D eigenvalue weighted by molar-refractivity contribution is 0.0976. The van der Waals surface area contributed by atoms with Crippen LogP contribution in [0.4, 0.5) is 5.82 Å². The molecule has 0 bridgehead atoms. The van der Waals surface area contributed by atoms with E-state index in [1.165, 1.54) is 0 Å². The Morgan fingerprint density at radius 3 is 2.17 bits per heavy atom. The Kier molecular flexibility index (Phi) is 8.90. The number of halogens is 1. The van der Waals surface area contributed by atoms with E-state index >= 15 is 0 Å². The lowest BCUT2D eigenvalue weighted by Crippen LogP contribution is -2.34. The predicted octanol–water partition coefficient (Wildman–Crippen LogP) is 4.32. The van der Waals surface area contributed by atoms with Gasteiger partial charge < -0.3 is 19.5 Å². The van der Waals surface area contributed by atoms with Crippen LogP contribution in [0.5, 0.6) is 17.2 Å². The van der Waals surface area contributed by atoms with Gasteiger partial charge >= 0.3 is 0 Å². The maximum atomic E-state index is 12.7. The van der Waals surface area contributed by atoms with E-state index in [-0.39, 0.29) is 5.11 Å². The number of carbonyl (C=O) groups is 1. The van der Waals surface area contributed by atoms with Crippen LogP contribution in [0.25, 0.3) is 0 Å². The molecule has 0 saturated heterocycles. The summed E-state index contributed by atoms with van der Waals surface area (Å²) in [5.74, 6) is 1.53. The minimum absolute atomic E-state index is 0.146. The highest BCUT2D eigenvalue weighted by atomic mass is 127. The van der Waals surface area contributed by atoms with Crippen molar-refractivity contribution in [2.24, 2.45) is 0 Å². The topological polar surface area (TPSA) is 81.7 Å². The Morgan fingerprint density at radius 2 is 1.66 bits per heavy atom. The van der Waals surface area contributed by atoms with Crippen molar-refractivity contribution in [2.75, 3.05) is 25.1 Å². The predicted molar refractivity (Wildman–Crippen MR) is 125 cm³/mol. The Hall–Kier alpha value is -2.14. The van der Waals surface area contributed by atoms with Crippen molar-refractivity contribution < 1.29 is 19.0 Å². The van der Waals surface area contributed by atoms with Crippen molar-refractivity contribution >= 4 is 51.6 Å². The van der Waals surface area contributed by atoms with Gasteiger partial charge in [0.1, 0.15) is 5.82 Å². The Labute approximate surface area is 189 Å². The molecule has 0 unspecified atom stereocenters. The van der Waals surface area contributed by atoms with Crippen LogP contribution in [0.15, 0.2) is 24.3 Å². The van der Waals surface area contributed by atoms with Crippen molar-refractivity contribution in [3.8, 4) is 17.2 Å². The molecule has 0 radical (unpaired) electrons. The van der Waals surface area contributed by atoms with Crippen LogP contribution in [-0.4, -0.2) is 35.8 Å². The molecule has 0 aliphatic heterocycles. The summed E-state index contributed by atoms with van der Waals surface area (Å²) in [4.78, 5) is 17.1. The molecule has 1 aromatic carbocycles. The molecular weight excluding hydrogens is 505 g/mol. The maximum absolute atomic E-state index is 12.7. The van der Waals surface area contributed by atoms with Crippen LogP contribution in [0.2, 0.25) is 0 Å². The number of benzene rings is 1. The average molecular weight is 529 g/mol. The Balaban J connectivity index is 2.21. The monoisotopic (exact) mass is 529 g/mol. The molecule has 2 N–H and O–H groups in total. The zero-order valence-corrected chi connectivity index (χ0v) is 19.8. The second-order valence-electron chi connectivity index (χ2n) is 5.77. The average Bonchev–Trinajstić information content (AvgIpc) is 2.67. The molecule has 1 heterocycles. The largest absolute Gasteiger partial charge is 0.490 e. The van der Waals surface area contributed by atoms with Gasteiger partial charge in [-0.15, -0.1) is 0 Å². The van der Waals surface area contributed by atoms with Gasteiger partial charge in [-0.25, -0.2) is 4.98 Å². The van der Waals surface area contributed by atoms with Gasteiger partial charge in [0.25, 0.3) is 5.91 Å². The number of nitrogens with one attached hydrogen (secondary N) is 2. The van der Waals surface area contributed by atoms with Gasteiger partial charge in [-0.2, -0.15) is 0 Å². The third-order valence-corrected chi connectivity index (χ3v) is 5.01. The number of aryl methyl sites for hydroxylation is 1. The van der Waals surface area contributed by atoms with Crippen LogP contribution >= 0.6 is 34.8 Å². The van der Waals surface area contributed by atoms with Crippen LogP contribution in [0.3, 0.4) is 0 Å². The number of thiocarbonyl (C=S) groups is 1. The van der Waals surface area contributed by atoms with Crippen molar-refractivity contribution in [2.45, 2.75) is 27.7 Å². The number of ether oxygens (including phenoxy) is 3. The van der Waals surface area contributed by atoms with Gasteiger partial charge in [-0.05, 0) is 86.8 Å². The fourth-order valence-corrected chi connectivity index (χ4v) is 2.95. The quantitative estimate of drug-likeness (QED) is 0.390. The summed E-state index contributed by atoms with van der Waals surface area (Å²) in [6, 6.07) is 6.94. The summed E-state index contributed by atoms with van der Waals surface area (Å²) < 4.78 is 18.0. The fraction of sp³-hybridized carbons (Fsp3) is 0.350. The first-order valence-corrected chi connectivity index (χ1v) is 10.7. The highest BCUT2D eigenvalue weighted by molar-refractivity contribution is 14.1. The van der Waals surface area contributed by atoms with Crippen LogP contribution < -0.4 is 24.8 Å². The fourth-order valence-electron chi connectivity index (χ4n) is 2.46. The van der Waals surface area contributed by atoms with E-state index in [0.29, 0.717) is 48.5 Å². The minimum Gasteiger partial charge on any atom is -0.490 e. The van der Waals surface area contributed by atoms with Crippen LogP contribution in [0.1, 0.15) is 36.8 Å². The molecule has 2 aromatic rings. The lowest BCUT2D eigenvalue weighted by Gasteiger charge is -2.17. The van der Waals surface area contributed by atoms with E-state index in [2.05, 4.69) is 38.2 Å². The van der Waals surface area contributed by atoms with Gasteiger partial charge in [0.05, 0.1) is 25.5 Å². The van der Waals surface area contributed by atoms with Gasteiger partial charge in [0, 0.05) is 9.13 Å². The molecule has 156 valence electrons. The molecule has 2 rings (SSSR count). The third kappa shape index (κ3) is 6.43. The zero-order chi connectivity index (χ0) is 21.4. The summed E-state index contributed by atoms with van der Waals surface area (Å²) in [5.41, 5.74) is 1.22. The summed E-state index contributed by atoms with van der Waals surface area (Å²) >= 11 is 7.46. The first-order valence-electron chi connectivity index (χ1n) is 9.21. The van der Waals surface area contributed by atoms with E-state index < -0.39 is 5.91 Å². The molecule has 29 heavy (non-hydrogen) atoms. The van der Waals surface area contributed by atoms with Gasteiger partial charge in [0.15, 0.2) is 16.6 Å². The maximum Gasteiger partial charge on any atom is 0.257 e. The van der Waals surface area contributed by atoms with Crippen molar-refractivity contribution in [3.63, 3.8) is 0 Å². The summed E-state index contributed by atoms with van der Waals surface area (Å²) in [6.07, 6.45) is 0. The van der Waals surface area contributed by atoms with E-state index in [1.54, 1.807) is 18.2 Å². The summed E-state index contributed by atoms with van der Waals surface area (Å²) in [6.45, 7) is 8.79. The smallest absolute Gasteiger partial charge is 0.257 e. The van der Waals surface area contributed by atoms with E-state index in [1.807, 2.05) is 33.8 Å². The molecule has 0 fully saturated rings. The number of hydrogen-bond acceptors (Lipinski definition) is 6. The van der Waals surface area contributed by atoms with E-state index in [0.717, 1.165) is 9.26 Å². The Bertz CT molecular complexity index is 865. The molecule has 0 aliphatic carbocycles. The third-order valence-electron chi connectivity index (χ3n) is 3.66. The number of amides is 1. The molecule has 0 aliphatic rings. The van der Waals surface area contributed by atoms with Gasteiger partial charge in [0.2, 0.25) is 5.75 Å². The van der Waals surface area contributed by atoms with Gasteiger partial charge in [-0.1, -0.05) is 0 Å².